The van der Waals surface area contributed by atoms with Gasteiger partial charge in [-0.3, -0.25) is 14.8 Å². The summed E-state index contributed by atoms with van der Waals surface area (Å²) in [5, 5.41) is 19.0. The molecule has 0 unspecified atom stereocenters. The van der Waals surface area contributed by atoms with Gasteiger partial charge in [0.25, 0.3) is 5.69 Å². The number of rotatable bonds is 5. The molecule has 0 amide bonds. The molecule has 0 atom stereocenters. The molecule has 2 rings (SSSR count). The van der Waals surface area contributed by atoms with Gasteiger partial charge in [0.2, 0.25) is 0 Å². The average molecular weight is 295 g/mol. The van der Waals surface area contributed by atoms with Crippen molar-refractivity contribution in [2.24, 2.45) is 7.05 Å². The third-order valence-electron chi connectivity index (χ3n) is 2.95. The van der Waals surface area contributed by atoms with E-state index >= 15 is 0 Å². The molecular formula is C13H15ClN4O2. The third-order valence-corrected chi connectivity index (χ3v) is 3.18. The Labute approximate surface area is 121 Å². The first-order valence-electron chi connectivity index (χ1n) is 6.20. The van der Waals surface area contributed by atoms with Gasteiger partial charge in [-0.15, -0.1) is 0 Å². The molecule has 0 saturated heterocycles. The van der Waals surface area contributed by atoms with E-state index in [1.54, 1.807) is 10.7 Å². The number of aromatic nitrogens is 2. The van der Waals surface area contributed by atoms with Crippen molar-refractivity contribution in [1.29, 1.82) is 0 Å². The first-order chi connectivity index (χ1) is 9.51. The Bertz CT molecular complexity index is 639. The largest absolute Gasteiger partial charge is 0.378 e. The standard InChI is InChI=1S/C13H15ClN4O2/c1-3-11-12(8-17(2)16-11)15-7-9-6-10(14)4-5-13(9)18(19)20/h4-6,8,15H,3,7H2,1-2H3. The zero-order valence-corrected chi connectivity index (χ0v) is 12.0. The van der Waals surface area contributed by atoms with Crippen molar-refractivity contribution in [2.45, 2.75) is 19.9 Å². The van der Waals surface area contributed by atoms with Crippen molar-refractivity contribution in [1.82, 2.24) is 9.78 Å². The number of aryl methyl sites for hydroxylation is 2. The summed E-state index contributed by atoms with van der Waals surface area (Å²) in [4.78, 5) is 10.6. The summed E-state index contributed by atoms with van der Waals surface area (Å²) in [6.45, 7) is 2.34. The molecule has 1 aromatic carbocycles. The molecule has 1 heterocycles. The summed E-state index contributed by atoms with van der Waals surface area (Å²) in [5.41, 5.74) is 2.42. The Hall–Kier alpha value is -2.08. The van der Waals surface area contributed by atoms with Crippen LogP contribution in [-0.4, -0.2) is 14.7 Å². The van der Waals surface area contributed by atoms with Crippen LogP contribution in [0, 0.1) is 10.1 Å². The second-order valence-corrected chi connectivity index (χ2v) is 4.84. The lowest BCUT2D eigenvalue weighted by Crippen LogP contribution is -2.04. The van der Waals surface area contributed by atoms with Gasteiger partial charge in [-0.25, -0.2) is 0 Å². The number of nitrogens with zero attached hydrogens (tertiary/aromatic N) is 3. The molecule has 0 radical (unpaired) electrons. The van der Waals surface area contributed by atoms with E-state index < -0.39 is 4.92 Å². The van der Waals surface area contributed by atoms with Crippen molar-refractivity contribution < 1.29 is 4.92 Å². The number of nitrogens with one attached hydrogen (secondary N) is 1. The number of hydrogen-bond acceptors (Lipinski definition) is 4. The molecule has 0 aliphatic rings. The Balaban J connectivity index is 2.22. The van der Waals surface area contributed by atoms with E-state index in [2.05, 4.69) is 10.4 Å². The first-order valence-corrected chi connectivity index (χ1v) is 6.58. The fourth-order valence-corrected chi connectivity index (χ4v) is 2.20. The summed E-state index contributed by atoms with van der Waals surface area (Å²) in [5.74, 6) is 0. The molecule has 20 heavy (non-hydrogen) atoms. The van der Waals surface area contributed by atoms with Crippen molar-refractivity contribution in [2.75, 3.05) is 5.32 Å². The lowest BCUT2D eigenvalue weighted by molar-refractivity contribution is -0.385. The summed E-state index contributed by atoms with van der Waals surface area (Å²) in [7, 11) is 1.84. The van der Waals surface area contributed by atoms with Crippen LogP contribution in [-0.2, 0) is 20.0 Å². The van der Waals surface area contributed by atoms with Gasteiger partial charge in [-0.05, 0) is 18.6 Å². The van der Waals surface area contributed by atoms with E-state index in [0.717, 1.165) is 17.8 Å². The molecule has 0 aliphatic carbocycles. The molecule has 7 heteroatoms. The smallest absolute Gasteiger partial charge is 0.274 e. The van der Waals surface area contributed by atoms with Crippen LogP contribution in [0.1, 0.15) is 18.2 Å². The van der Waals surface area contributed by atoms with E-state index in [-0.39, 0.29) is 5.69 Å². The van der Waals surface area contributed by atoms with E-state index in [1.165, 1.54) is 12.1 Å². The highest BCUT2D eigenvalue weighted by molar-refractivity contribution is 6.30. The first kappa shape index (κ1) is 14.3. The van der Waals surface area contributed by atoms with Crippen LogP contribution in [0.3, 0.4) is 0 Å². The maximum absolute atomic E-state index is 11.0. The summed E-state index contributed by atoms with van der Waals surface area (Å²) in [6.07, 6.45) is 2.65. The molecular weight excluding hydrogens is 280 g/mol. The molecule has 6 nitrogen and oxygen atoms in total. The van der Waals surface area contributed by atoms with Crippen LogP contribution in [0.4, 0.5) is 11.4 Å². The second-order valence-electron chi connectivity index (χ2n) is 4.40. The second kappa shape index (κ2) is 5.92. The molecule has 0 saturated carbocycles. The number of anilines is 1. The molecule has 0 bridgehead atoms. The highest BCUT2D eigenvalue weighted by Crippen LogP contribution is 2.24. The molecule has 1 aromatic heterocycles. The zero-order valence-electron chi connectivity index (χ0n) is 11.3. The Morgan fingerprint density at radius 3 is 2.90 bits per heavy atom. The van der Waals surface area contributed by atoms with E-state index in [9.17, 15) is 10.1 Å². The summed E-state index contributed by atoms with van der Waals surface area (Å²) >= 11 is 5.90. The zero-order chi connectivity index (χ0) is 14.7. The van der Waals surface area contributed by atoms with Gasteiger partial charge < -0.3 is 5.32 Å². The molecule has 0 spiro atoms. The molecule has 0 fully saturated rings. The van der Waals surface area contributed by atoms with Crippen molar-refractivity contribution in [3.63, 3.8) is 0 Å². The van der Waals surface area contributed by atoms with Crippen LogP contribution in [0.2, 0.25) is 5.02 Å². The lowest BCUT2D eigenvalue weighted by atomic mass is 10.1. The van der Waals surface area contributed by atoms with Gasteiger partial charge in [0.15, 0.2) is 0 Å². The Morgan fingerprint density at radius 1 is 1.50 bits per heavy atom. The van der Waals surface area contributed by atoms with E-state index in [1.807, 2.05) is 20.2 Å². The number of nitro groups is 1. The van der Waals surface area contributed by atoms with E-state index in [0.29, 0.717) is 17.1 Å². The van der Waals surface area contributed by atoms with E-state index in [4.69, 9.17) is 11.6 Å². The average Bonchev–Trinajstić information content (AvgIpc) is 2.76. The molecule has 106 valence electrons. The topological polar surface area (TPSA) is 73.0 Å². The fourth-order valence-electron chi connectivity index (χ4n) is 2.01. The van der Waals surface area contributed by atoms with Crippen LogP contribution < -0.4 is 5.32 Å². The minimum atomic E-state index is -0.405. The lowest BCUT2D eigenvalue weighted by Gasteiger charge is -2.07. The minimum absolute atomic E-state index is 0.0591. The maximum Gasteiger partial charge on any atom is 0.274 e. The van der Waals surface area contributed by atoms with Gasteiger partial charge in [0.05, 0.1) is 21.9 Å². The highest BCUT2D eigenvalue weighted by Gasteiger charge is 2.14. The highest BCUT2D eigenvalue weighted by atomic mass is 35.5. The van der Waals surface area contributed by atoms with Gasteiger partial charge in [0, 0.05) is 30.9 Å². The monoisotopic (exact) mass is 294 g/mol. The van der Waals surface area contributed by atoms with Gasteiger partial charge in [-0.1, -0.05) is 18.5 Å². The predicted octanol–water partition coefficient (Wildman–Crippen LogP) is 3.16. The molecule has 2 aromatic rings. The van der Waals surface area contributed by atoms with Gasteiger partial charge in [-0.2, -0.15) is 5.10 Å². The maximum atomic E-state index is 11.0. The third kappa shape index (κ3) is 3.08. The van der Waals surface area contributed by atoms with Crippen molar-refractivity contribution in [3.05, 3.63) is 50.8 Å². The fraction of sp³-hybridized carbons (Fsp3) is 0.308. The Morgan fingerprint density at radius 2 is 2.25 bits per heavy atom. The summed E-state index contributed by atoms with van der Waals surface area (Å²) in [6, 6.07) is 4.54. The van der Waals surface area contributed by atoms with Gasteiger partial charge >= 0.3 is 0 Å². The molecule has 1 N–H and O–H groups in total. The Kier molecular flexibility index (Phi) is 4.24. The quantitative estimate of drug-likeness (QED) is 0.679. The van der Waals surface area contributed by atoms with Crippen LogP contribution in [0.5, 0.6) is 0 Å². The van der Waals surface area contributed by atoms with Crippen LogP contribution in [0.25, 0.3) is 0 Å². The van der Waals surface area contributed by atoms with Crippen LogP contribution in [0.15, 0.2) is 24.4 Å². The van der Waals surface area contributed by atoms with Crippen LogP contribution >= 0.6 is 11.6 Å². The van der Waals surface area contributed by atoms with Crippen molar-refractivity contribution >= 4 is 23.0 Å². The predicted molar refractivity (Wildman–Crippen MR) is 78.0 cm³/mol. The van der Waals surface area contributed by atoms with Crippen molar-refractivity contribution in [3.8, 4) is 0 Å². The summed E-state index contributed by atoms with van der Waals surface area (Å²) < 4.78 is 1.72. The van der Waals surface area contributed by atoms with Gasteiger partial charge in [0.1, 0.15) is 0 Å². The normalized spacial score (nSPS) is 10.6. The molecule has 0 aliphatic heterocycles. The number of halogens is 1. The minimum Gasteiger partial charge on any atom is -0.378 e. The SMILES string of the molecule is CCc1nn(C)cc1NCc1cc(Cl)ccc1[N+](=O)[O-]. The number of benzene rings is 1. The number of nitro benzene ring substituents is 1. The number of hydrogen-bond donors (Lipinski definition) is 1.